The molecule has 0 bridgehead atoms. The topological polar surface area (TPSA) is 21.6 Å². The van der Waals surface area contributed by atoms with E-state index < -0.39 is 0 Å². The maximum Gasteiger partial charge on any atom is 0.119 e. The lowest BCUT2D eigenvalue weighted by molar-refractivity contribution is 0.415. The van der Waals surface area contributed by atoms with Crippen molar-refractivity contribution >= 4 is 11.9 Å². The molecule has 108 valence electrons. The molecule has 0 atom stereocenters. The number of ether oxygens (including phenoxy) is 1. The molecule has 0 heterocycles. The summed E-state index contributed by atoms with van der Waals surface area (Å²) in [6.45, 7) is 0. The molecule has 0 amide bonds. The average Bonchev–Trinajstić information content (AvgIpc) is 2.61. The smallest absolute Gasteiger partial charge is 0.119 e. The highest BCUT2D eigenvalue weighted by Crippen LogP contribution is 2.20. The van der Waals surface area contributed by atoms with E-state index in [-0.39, 0.29) is 0 Å². The van der Waals surface area contributed by atoms with Crippen LogP contribution in [-0.4, -0.2) is 13.3 Å². The Morgan fingerprint density at radius 1 is 0.773 bits per heavy atom. The lowest BCUT2D eigenvalue weighted by Crippen LogP contribution is -1.83. The third kappa shape index (κ3) is 3.41. The van der Waals surface area contributed by atoms with Crippen molar-refractivity contribution in [3.63, 3.8) is 0 Å². The SMILES string of the molecule is COc1ccc(N=Cc2cccc(-c3ccccc3)c2)cc1. The summed E-state index contributed by atoms with van der Waals surface area (Å²) in [5, 5.41) is 0. The van der Waals surface area contributed by atoms with Crippen molar-refractivity contribution in [2.75, 3.05) is 7.11 Å². The maximum absolute atomic E-state index is 5.14. The van der Waals surface area contributed by atoms with Crippen LogP contribution in [0.1, 0.15) is 5.56 Å². The Bertz CT molecular complexity index is 761. The first-order chi connectivity index (χ1) is 10.8. The standard InChI is InChI=1S/C20H17NO/c1-22-20-12-10-19(11-13-20)21-15-16-6-5-9-18(14-16)17-7-3-2-4-8-17/h2-15H,1H3. The van der Waals surface area contributed by atoms with Crippen molar-refractivity contribution in [3.8, 4) is 16.9 Å². The molecule has 22 heavy (non-hydrogen) atoms. The van der Waals surface area contributed by atoms with Crippen molar-refractivity contribution in [1.29, 1.82) is 0 Å². The summed E-state index contributed by atoms with van der Waals surface area (Å²) >= 11 is 0. The van der Waals surface area contributed by atoms with Gasteiger partial charge in [0, 0.05) is 6.21 Å². The highest BCUT2D eigenvalue weighted by atomic mass is 16.5. The third-order valence-corrected chi connectivity index (χ3v) is 3.43. The first-order valence-electron chi connectivity index (χ1n) is 7.19. The molecule has 2 nitrogen and oxygen atoms in total. The lowest BCUT2D eigenvalue weighted by Gasteiger charge is -2.02. The molecule has 0 saturated heterocycles. The fraction of sp³-hybridized carbons (Fsp3) is 0.0500. The van der Waals surface area contributed by atoms with Gasteiger partial charge in [-0.25, -0.2) is 0 Å². The van der Waals surface area contributed by atoms with Crippen LogP contribution < -0.4 is 4.74 Å². The Balaban J connectivity index is 1.81. The van der Waals surface area contributed by atoms with Crippen LogP contribution in [0.15, 0.2) is 83.9 Å². The van der Waals surface area contributed by atoms with Crippen LogP contribution >= 0.6 is 0 Å². The number of nitrogens with zero attached hydrogens (tertiary/aromatic N) is 1. The van der Waals surface area contributed by atoms with E-state index in [2.05, 4.69) is 41.4 Å². The molecule has 0 aromatic heterocycles. The molecule has 0 aliphatic heterocycles. The van der Waals surface area contributed by atoms with Gasteiger partial charge in [0.2, 0.25) is 0 Å². The van der Waals surface area contributed by atoms with Gasteiger partial charge in [-0.15, -0.1) is 0 Å². The largest absolute Gasteiger partial charge is 0.497 e. The predicted molar refractivity (Wildman–Crippen MR) is 92.1 cm³/mol. The molecule has 0 N–H and O–H groups in total. The van der Waals surface area contributed by atoms with Gasteiger partial charge in [-0.2, -0.15) is 0 Å². The van der Waals surface area contributed by atoms with Crippen molar-refractivity contribution in [2.24, 2.45) is 4.99 Å². The second-order valence-corrected chi connectivity index (χ2v) is 4.95. The zero-order valence-corrected chi connectivity index (χ0v) is 12.4. The van der Waals surface area contributed by atoms with Gasteiger partial charge >= 0.3 is 0 Å². The summed E-state index contributed by atoms with van der Waals surface area (Å²) in [6.07, 6.45) is 1.88. The van der Waals surface area contributed by atoms with Crippen molar-refractivity contribution in [1.82, 2.24) is 0 Å². The van der Waals surface area contributed by atoms with E-state index in [0.717, 1.165) is 17.0 Å². The van der Waals surface area contributed by atoms with Crippen LogP contribution in [0.4, 0.5) is 5.69 Å². The molecule has 0 aliphatic carbocycles. The summed E-state index contributed by atoms with van der Waals surface area (Å²) < 4.78 is 5.14. The van der Waals surface area contributed by atoms with Crippen LogP contribution in [0.5, 0.6) is 5.75 Å². The molecule has 0 radical (unpaired) electrons. The zero-order valence-electron chi connectivity index (χ0n) is 12.4. The van der Waals surface area contributed by atoms with E-state index in [1.807, 2.05) is 48.7 Å². The molecule has 0 aliphatic rings. The average molecular weight is 287 g/mol. The van der Waals surface area contributed by atoms with E-state index in [9.17, 15) is 0 Å². The number of methoxy groups -OCH3 is 1. The number of hydrogen-bond donors (Lipinski definition) is 0. The van der Waals surface area contributed by atoms with Crippen LogP contribution in [-0.2, 0) is 0 Å². The Kier molecular flexibility index (Phi) is 4.30. The highest BCUT2D eigenvalue weighted by molar-refractivity contribution is 5.84. The third-order valence-electron chi connectivity index (χ3n) is 3.43. The highest BCUT2D eigenvalue weighted by Gasteiger charge is 1.97. The Labute approximate surface area is 130 Å². The van der Waals surface area contributed by atoms with Crippen molar-refractivity contribution in [2.45, 2.75) is 0 Å². The van der Waals surface area contributed by atoms with Crippen LogP contribution in [0, 0.1) is 0 Å². The van der Waals surface area contributed by atoms with Gasteiger partial charge in [-0.05, 0) is 47.0 Å². The summed E-state index contributed by atoms with van der Waals surface area (Å²) in [4.78, 5) is 4.51. The summed E-state index contributed by atoms with van der Waals surface area (Å²) in [7, 11) is 1.66. The van der Waals surface area contributed by atoms with Gasteiger partial charge < -0.3 is 4.74 Å². The molecule has 0 unspecified atom stereocenters. The van der Waals surface area contributed by atoms with Gasteiger partial charge in [-0.3, -0.25) is 4.99 Å². The Morgan fingerprint density at radius 2 is 1.50 bits per heavy atom. The van der Waals surface area contributed by atoms with Crippen LogP contribution in [0.2, 0.25) is 0 Å². The molecule has 0 saturated carbocycles. The minimum Gasteiger partial charge on any atom is -0.497 e. The van der Waals surface area contributed by atoms with Crippen molar-refractivity contribution < 1.29 is 4.74 Å². The summed E-state index contributed by atoms with van der Waals surface area (Å²) in [6, 6.07) is 26.4. The van der Waals surface area contributed by atoms with Crippen LogP contribution in [0.25, 0.3) is 11.1 Å². The molecule has 3 aromatic rings. The fourth-order valence-electron chi connectivity index (χ4n) is 2.25. The van der Waals surface area contributed by atoms with E-state index >= 15 is 0 Å². The quantitative estimate of drug-likeness (QED) is 0.611. The maximum atomic E-state index is 5.14. The number of benzene rings is 3. The van der Waals surface area contributed by atoms with E-state index in [4.69, 9.17) is 4.74 Å². The second kappa shape index (κ2) is 6.72. The van der Waals surface area contributed by atoms with E-state index in [1.54, 1.807) is 7.11 Å². The first-order valence-corrected chi connectivity index (χ1v) is 7.19. The summed E-state index contributed by atoms with van der Waals surface area (Å²) in [5.41, 5.74) is 4.39. The van der Waals surface area contributed by atoms with E-state index in [1.165, 1.54) is 11.1 Å². The molecule has 0 fully saturated rings. The number of hydrogen-bond acceptors (Lipinski definition) is 2. The molecule has 2 heteroatoms. The number of aliphatic imine (C=N–C) groups is 1. The van der Waals surface area contributed by atoms with Crippen LogP contribution in [0.3, 0.4) is 0 Å². The second-order valence-electron chi connectivity index (χ2n) is 4.95. The fourth-order valence-corrected chi connectivity index (χ4v) is 2.25. The normalized spacial score (nSPS) is 10.8. The van der Waals surface area contributed by atoms with Gasteiger partial charge in [0.15, 0.2) is 0 Å². The van der Waals surface area contributed by atoms with E-state index in [0.29, 0.717) is 0 Å². The minimum absolute atomic E-state index is 0.838. The van der Waals surface area contributed by atoms with Crippen molar-refractivity contribution in [3.05, 3.63) is 84.4 Å². The zero-order chi connectivity index (χ0) is 15.2. The molecule has 3 aromatic carbocycles. The minimum atomic E-state index is 0.838. The van der Waals surface area contributed by atoms with Gasteiger partial charge in [0.05, 0.1) is 12.8 Å². The molecular formula is C20H17NO. The summed E-state index contributed by atoms with van der Waals surface area (Å²) in [5.74, 6) is 0.838. The molecule has 0 spiro atoms. The van der Waals surface area contributed by atoms with Gasteiger partial charge in [0.25, 0.3) is 0 Å². The Hall–Kier alpha value is -2.87. The number of rotatable bonds is 4. The van der Waals surface area contributed by atoms with Gasteiger partial charge in [0.1, 0.15) is 5.75 Å². The molecular weight excluding hydrogens is 270 g/mol. The predicted octanol–water partition coefficient (Wildman–Crippen LogP) is 5.11. The lowest BCUT2D eigenvalue weighted by atomic mass is 10.0. The molecule has 3 rings (SSSR count). The van der Waals surface area contributed by atoms with Gasteiger partial charge in [-0.1, -0.05) is 48.5 Å². The Morgan fingerprint density at radius 3 is 2.23 bits per heavy atom. The monoisotopic (exact) mass is 287 g/mol. The first kappa shape index (κ1) is 14.1.